The van der Waals surface area contributed by atoms with Crippen molar-refractivity contribution in [2.24, 2.45) is 11.3 Å². The third-order valence-corrected chi connectivity index (χ3v) is 15.8. The Labute approximate surface area is 427 Å². The number of nitrogens with zero attached hydrogens (tertiary/aromatic N) is 6. The van der Waals surface area contributed by atoms with Crippen molar-refractivity contribution < 1.29 is 60.8 Å². The zero-order valence-corrected chi connectivity index (χ0v) is 42.9. The maximum atomic E-state index is 14.0. The van der Waals surface area contributed by atoms with E-state index >= 15 is 0 Å². The van der Waals surface area contributed by atoms with Crippen LogP contribution in [0, 0.1) is 39.0 Å². The largest absolute Gasteiger partial charge is 0.416 e. The van der Waals surface area contributed by atoms with Gasteiger partial charge in [0, 0.05) is 40.3 Å². The van der Waals surface area contributed by atoms with E-state index in [0.717, 1.165) is 46.5 Å². The second kappa shape index (κ2) is 21.6. The average Bonchev–Trinajstić information content (AvgIpc) is 3.86. The number of benzene rings is 4. The highest BCUT2D eigenvalue weighted by Crippen LogP contribution is 2.47. The highest BCUT2D eigenvalue weighted by molar-refractivity contribution is 5.87. The van der Waals surface area contributed by atoms with Crippen LogP contribution in [0.1, 0.15) is 106 Å². The highest BCUT2D eigenvalue weighted by Gasteiger charge is 2.57. The van der Waals surface area contributed by atoms with Crippen molar-refractivity contribution in [1.29, 1.82) is 0 Å². The molecule has 4 saturated heterocycles. The fourth-order valence-electron chi connectivity index (χ4n) is 11.3. The van der Waals surface area contributed by atoms with Crippen LogP contribution in [0.25, 0.3) is 0 Å². The lowest BCUT2D eigenvalue weighted by Crippen LogP contribution is -2.57. The number of hydrogen-bond acceptors (Lipinski definition) is 7. The highest BCUT2D eigenvalue weighted by atomic mass is 19.4. The summed E-state index contributed by atoms with van der Waals surface area (Å²) in [5, 5.41) is 29.8. The molecule has 4 aromatic rings. The number of hydrogen-bond donors (Lipinski definition) is 3. The Hall–Kier alpha value is -6.18. The lowest BCUT2D eigenvalue weighted by atomic mass is 9.82. The van der Waals surface area contributed by atoms with Gasteiger partial charge in [0.05, 0.1) is 78.5 Å². The first-order valence-corrected chi connectivity index (χ1v) is 24.8. The molecule has 0 bridgehead atoms. The molecule has 0 spiro atoms. The zero-order chi connectivity index (χ0) is 54.4. The van der Waals surface area contributed by atoms with Crippen molar-refractivity contribution in [3.8, 4) is 0 Å². The molecule has 8 rings (SSSR count). The Morgan fingerprint density at radius 3 is 1.46 bits per heavy atom. The lowest BCUT2D eigenvalue weighted by Gasteiger charge is -2.47. The smallest absolute Gasteiger partial charge is 0.396 e. The Kier molecular flexibility index (Phi) is 16.2. The second-order valence-corrected chi connectivity index (χ2v) is 20.5. The monoisotopic (exact) mass is 1040 g/mol. The van der Waals surface area contributed by atoms with E-state index < -0.39 is 78.2 Å². The molecule has 6 amide bonds. The van der Waals surface area contributed by atoms with Crippen molar-refractivity contribution in [1.82, 2.24) is 29.4 Å². The summed E-state index contributed by atoms with van der Waals surface area (Å²) >= 11 is 0. The van der Waals surface area contributed by atoms with Crippen LogP contribution in [0.4, 0.5) is 35.9 Å². The van der Waals surface area contributed by atoms with Gasteiger partial charge in [-0.15, -0.1) is 0 Å². The van der Waals surface area contributed by atoms with E-state index in [1.165, 1.54) is 9.80 Å². The van der Waals surface area contributed by atoms with Crippen LogP contribution in [0.3, 0.4) is 0 Å². The Morgan fingerprint density at radius 2 is 1.05 bits per heavy atom. The standard InChI is InChI=1S/C28H34F3N3O4.C27H32F3N3O3/c1-17-11-20(13-21(12-17)28(29,30)31)19(3)32(4)26(38)34-10-9-33-23(14-27(15-35,16-36)25(33)37)24(34)22-8-6-5-7-18(22)2;1-16-11-19(13-21(12-16)27(28,29)30)18(3)31(4)26(36)33-10-9-32-23(14-20(15-34)25(32)35)24(33)22-8-6-5-7-17(22)2/h5-8,11-13,19,23-24,35-36H,9-10,14-16H2,1-4H3;5-8,11-13,18,20,23-24,34H,9-10,14-15H2,1-4H3/t19-,23+,24+;18-,20?,23+,24+/m11/s1. The Balaban J connectivity index is 0.000000217. The molecule has 4 aliphatic rings. The molecule has 0 aromatic heterocycles. The summed E-state index contributed by atoms with van der Waals surface area (Å²) in [6.07, 6.45) is -8.37. The van der Waals surface area contributed by atoms with Crippen LogP contribution in [-0.2, 0) is 21.9 Å². The maximum absolute atomic E-state index is 14.0. The van der Waals surface area contributed by atoms with Crippen LogP contribution in [0.2, 0.25) is 0 Å². The first-order chi connectivity index (χ1) is 34.8. The number of alkyl halides is 6. The molecule has 3 N–H and O–H groups in total. The summed E-state index contributed by atoms with van der Waals surface area (Å²) in [6, 6.07) is 19.2. The molecular formula is C55H66F6N6O7. The molecule has 7 atom stereocenters. The molecule has 4 fully saturated rings. The normalized spacial score (nSPS) is 22.4. The van der Waals surface area contributed by atoms with Gasteiger partial charge in [-0.25, -0.2) is 9.59 Å². The van der Waals surface area contributed by atoms with E-state index in [2.05, 4.69) is 0 Å². The zero-order valence-electron chi connectivity index (χ0n) is 42.9. The predicted molar refractivity (Wildman–Crippen MR) is 264 cm³/mol. The van der Waals surface area contributed by atoms with E-state index in [1.54, 1.807) is 73.5 Å². The van der Waals surface area contributed by atoms with Crippen LogP contribution in [0.15, 0.2) is 84.9 Å². The molecule has 0 aliphatic carbocycles. The van der Waals surface area contributed by atoms with Gasteiger partial charge in [-0.1, -0.05) is 71.8 Å². The van der Waals surface area contributed by atoms with Gasteiger partial charge in [0.1, 0.15) is 0 Å². The molecule has 0 radical (unpaired) electrons. The molecule has 1 unspecified atom stereocenters. The van der Waals surface area contributed by atoms with Gasteiger partial charge in [0.25, 0.3) is 0 Å². The number of aliphatic hydroxyl groups is 3. The number of urea groups is 2. The van der Waals surface area contributed by atoms with Crippen LogP contribution in [-0.4, -0.2) is 141 Å². The number of carbonyl (C=O) groups excluding carboxylic acids is 4. The van der Waals surface area contributed by atoms with Gasteiger partial charge >= 0.3 is 24.4 Å². The minimum Gasteiger partial charge on any atom is -0.396 e. The SMILES string of the molecule is Cc1cc([C@@H](C)N(C)C(=O)N2CCN3C(=O)C(CO)(CO)C[C@H]3[C@@H]2c2ccccc2C)cc(C(F)(F)F)c1.Cc1cc([C@@H](C)N(C)C(=O)N2CCN3C(=O)C(CO)C[C@H]3[C@@H]2c2ccccc2C)cc(C(F)(F)F)c1. The average molecular weight is 1040 g/mol. The minimum atomic E-state index is -4.50. The lowest BCUT2D eigenvalue weighted by molar-refractivity contribution is -0.142. The summed E-state index contributed by atoms with van der Waals surface area (Å²) in [7, 11) is 3.16. The number of aryl methyl sites for hydroxylation is 4. The van der Waals surface area contributed by atoms with Crippen molar-refractivity contribution >= 4 is 23.9 Å². The Morgan fingerprint density at radius 1 is 0.635 bits per heavy atom. The molecule has 4 aromatic carbocycles. The number of carbonyl (C=O) groups is 4. The van der Waals surface area contributed by atoms with Gasteiger partial charge in [-0.05, 0) is 112 Å². The van der Waals surface area contributed by atoms with E-state index in [4.69, 9.17) is 0 Å². The second-order valence-electron chi connectivity index (χ2n) is 20.5. The van der Waals surface area contributed by atoms with Gasteiger partial charge in [0.15, 0.2) is 0 Å². The first kappa shape index (κ1) is 55.6. The van der Waals surface area contributed by atoms with Crippen molar-refractivity contribution in [2.45, 2.75) is 103 Å². The number of piperazine rings is 2. The molecule has 13 nitrogen and oxygen atoms in total. The van der Waals surface area contributed by atoms with Crippen LogP contribution >= 0.6 is 0 Å². The number of halogens is 6. The minimum absolute atomic E-state index is 0.102. The molecule has 4 heterocycles. The fourth-order valence-corrected chi connectivity index (χ4v) is 11.3. The van der Waals surface area contributed by atoms with Gasteiger partial charge in [-0.2, -0.15) is 26.3 Å². The van der Waals surface area contributed by atoms with Crippen molar-refractivity contribution in [3.05, 3.63) is 141 Å². The van der Waals surface area contributed by atoms with E-state index in [0.29, 0.717) is 35.2 Å². The molecule has 19 heteroatoms. The maximum Gasteiger partial charge on any atom is 0.416 e. The van der Waals surface area contributed by atoms with Crippen LogP contribution < -0.4 is 0 Å². The number of aliphatic hydroxyl groups excluding tert-OH is 3. The third-order valence-electron chi connectivity index (χ3n) is 15.8. The van der Waals surface area contributed by atoms with Crippen LogP contribution in [0.5, 0.6) is 0 Å². The molecule has 4 aliphatic heterocycles. The predicted octanol–water partition coefficient (Wildman–Crippen LogP) is 8.77. The summed E-state index contributed by atoms with van der Waals surface area (Å²) in [5.41, 5.74) is 2.52. The van der Waals surface area contributed by atoms with Gasteiger partial charge in [-0.3, -0.25) is 9.59 Å². The van der Waals surface area contributed by atoms with E-state index in [-0.39, 0.29) is 62.6 Å². The third kappa shape index (κ3) is 10.7. The summed E-state index contributed by atoms with van der Waals surface area (Å²) < 4.78 is 80.6. The molecular weight excluding hydrogens is 971 g/mol. The summed E-state index contributed by atoms with van der Waals surface area (Å²) in [6.45, 7) is 10.3. The molecule has 400 valence electrons. The quantitative estimate of drug-likeness (QED) is 0.142. The fraction of sp³-hybridized carbons (Fsp3) is 0.491. The van der Waals surface area contributed by atoms with Crippen molar-refractivity contribution in [2.75, 3.05) is 60.1 Å². The van der Waals surface area contributed by atoms with E-state index in [1.807, 2.05) is 62.4 Å². The Bertz CT molecular complexity index is 2730. The molecule has 74 heavy (non-hydrogen) atoms. The number of rotatable bonds is 9. The number of fused-ring (bicyclic) bond motifs is 2. The number of amides is 6. The summed E-state index contributed by atoms with van der Waals surface area (Å²) in [5.74, 6) is -0.935. The van der Waals surface area contributed by atoms with Gasteiger partial charge in [0.2, 0.25) is 11.8 Å². The van der Waals surface area contributed by atoms with Crippen molar-refractivity contribution in [3.63, 3.8) is 0 Å². The van der Waals surface area contributed by atoms with Gasteiger partial charge < -0.3 is 44.7 Å². The first-order valence-electron chi connectivity index (χ1n) is 24.8. The topological polar surface area (TPSA) is 148 Å². The van der Waals surface area contributed by atoms with E-state index in [9.17, 15) is 60.8 Å². The summed E-state index contributed by atoms with van der Waals surface area (Å²) in [4.78, 5) is 63.6. The molecule has 0 saturated carbocycles.